The van der Waals surface area contributed by atoms with Crippen LogP contribution in [-0.2, 0) is 18.5 Å². The SMILES string of the molecule is CCOP(C)(O)(OCC)S(=O)(=O)c1ccccc1. The van der Waals surface area contributed by atoms with E-state index in [1.165, 1.54) is 12.1 Å². The molecule has 1 rings (SSSR count). The van der Waals surface area contributed by atoms with Crippen LogP contribution in [0.25, 0.3) is 0 Å². The van der Waals surface area contributed by atoms with Gasteiger partial charge in [0.2, 0.25) is 0 Å². The summed E-state index contributed by atoms with van der Waals surface area (Å²) in [6.45, 7) is -0.262. The molecular weight excluding hydrogens is 275 g/mol. The molecule has 0 aliphatic heterocycles. The first-order chi connectivity index (χ1) is 8.27. The summed E-state index contributed by atoms with van der Waals surface area (Å²) in [6, 6.07) is 7.69. The van der Waals surface area contributed by atoms with Crippen molar-refractivity contribution in [2.45, 2.75) is 18.7 Å². The van der Waals surface area contributed by atoms with Crippen molar-refractivity contribution in [3.8, 4) is 0 Å². The standard InChI is InChI=1S/C11H19O5PS/c1-4-15-17(3,12,16-5-2)18(13,14)11-9-7-6-8-10-11/h6-10,12H,4-5H2,1-3H3. The van der Waals surface area contributed by atoms with Crippen molar-refractivity contribution in [2.75, 3.05) is 19.9 Å². The first-order valence-electron chi connectivity index (χ1n) is 5.63. The van der Waals surface area contributed by atoms with Crippen molar-refractivity contribution in [1.29, 1.82) is 0 Å². The van der Waals surface area contributed by atoms with Gasteiger partial charge in [0, 0.05) is 0 Å². The maximum atomic E-state index is 12.5. The average Bonchev–Trinajstić information content (AvgIpc) is 2.30. The van der Waals surface area contributed by atoms with Crippen LogP contribution < -0.4 is 0 Å². The summed E-state index contributed by atoms with van der Waals surface area (Å²) in [5.74, 6) is 0. The second kappa shape index (κ2) is 5.23. The third-order valence-corrected chi connectivity index (χ3v) is 10.6. The zero-order chi connectivity index (χ0) is 13.9. The summed E-state index contributed by atoms with van der Waals surface area (Å²) in [6.07, 6.45) is 0. The van der Waals surface area contributed by atoms with Gasteiger partial charge in [-0.3, -0.25) is 0 Å². The summed E-state index contributed by atoms with van der Waals surface area (Å²) < 4.78 is 35.3. The molecule has 0 atom stereocenters. The Kier molecular flexibility index (Phi) is 4.51. The van der Waals surface area contributed by atoms with E-state index < -0.39 is 15.9 Å². The van der Waals surface area contributed by atoms with Crippen molar-refractivity contribution >= 4 is 15.9 Å². The summed E-state index contributed by atoms with van der Waals surface area (Å²) in [5, 5.41) is 0. The first-order valence-corrected chi connectivity index (χ1v) is 10.2. The predicted molar refractivity (Wildman–Crippen MR) is 71.9 cm³/mol. The molecule has 0 heterocycles. The van der Waals surface area contributed by atoms with Crippen LogP contribution in [0, 0.1) is 0 Å². The van der Waals surface area contributed by atoms with E-state index in [-0.39, 0.29) is 18.1 Å². The molecule has 18 heavy (non-hydrogen) atoms. The summed E-state index contributed by atoms with van der Waals surface area (Å²) in [7, 11) is -4.08. The molecular formula is C11H19O5PS. The number of hydrogen-bond acceptors (Lipinski definition) is 5. The molecule has 0 aromatic heterocycles. The molecule has 0 saturated carbocycles. The average molecular weight is 294 g/mol. The molecule has 7 heteroatoms. The molecule has 0 fully saturated rings. The van der Waals surface area contributed by atoms with Crippen LogP contribution in [0.1, 0.15) is 13.8 Å². The second-order valence-electron chi connectivity index (χ2n) is 3.84. The third kappa shape index (κ3) is 2.58. The summed E-state index contributed by atoms with van der Waals surface area (Å²) >= 11 is 0. The van der Waals surface area contributed by atoms with Crippen LogP contribution in [0.4, 0.5) is 0 Å². The van der Waals surface area contributed by atoms with Crippen molar-refractivity contribution in [1.82, 2.24) is 0 Å². The Morgan fingerprint density at radius 1 is 1.11 bits per heavy atom. The van der Waals surface area contributed by atoms with Crippen molar-refractivity contribution in [3.05, 3.63) is 30.3 Å². The summed E-state index contributed by atoms with van der Waals surface area (Å²) in [4.78, 5) is 10.6. The zero-order valence-corrected chi connectivity index (χ0v) is 12.4. The maximum absolute atomic E-state index is 12.5. The fraction of sp³-hybridized carbons (Fsp3) is 0.455. The third-order valence-electron chi connectivity index (χ3n) is 2.43. The molecule has 0 aliphatic rings. The Morgan fingerprint density at radius 3 is 1.94 bits per heavy atom. The van der Waals surface area contributed by atoms with E-state index in [2.05, 4.69) is 0 Å². The fourth-order valence-corrected chi connectivity index (χ4v) is 7.35. The van der Waals surface area contributed by atoms with Gasteiger partial charge in [0.1, 0.15) is 0 Å². The molecule has 0 aliphatic carbocycles. The van der Waals surface area contributed by atoms with E-state index in [0.717, 1.165) is 6.66 Å². The molecule has 1 aromatic carbocycles. The van der Waals surface area contributed by atoms with E-state index in [1.807, 2.05) is 0 Å². The van der Waals surface area contributed by atoms with Gasteiger partial charge in [-0.1, -0.05) is 0 Å². The van der Waals surface area contributed by atoms with Gasteiger partial charge >= 0.3 is 107 Å². The van der Waals surface area contributed by atoms with Gasteiger partial charge in [0.05, 0.1) is 0 Å². The Hall–Kier alpha value is -0.520. The van der Waals surface area contributed by atoms with Crippen molar-refractivity contribution < 1.29 is 22.4 Å². The molecule has 0 saturated heterocycles. The molecule has 0 spiro atoms. The van der Waals surface area contributed by atoms with Gasteiger partial charge in [0.25, 0.3) is 0 Å². The Bertz CT molecular complexity index is 487. The fourth-order valence-electron chi connectivity index (χ4n) is 1.59. The Balaban J connectivity index is 3.39. The minimum absolute atomic E-state index is 0.00503. The van der Waals surface area contributed by atoms with Crippen LogP contribution >= 0.6 is 6.49 Å². The normalized spacial score (nSPS) is 15.0. The molecule has 1 aromatic rings. The number of benzene rings is 1. The topological polar surface area (TPSA) is 72.8 Å². The molecule has 1 N–H and O–H groups in total. The van der Waals surface area contributed by atoms with Gasteiger partial charge in [0.15, 0.2) is 0 Å². The summed E-state index contributed by atoms with van der Waals surface area (Å²) in [5.41, 5.74) is 0. The predicted octanol–water partition coefficient (Wildman–Crippen LogP) is 2.37. The van der Waals surface area contributed by atoms with Crippen LogP contribution in [0.3, 0.4) is 0 Å². The minimum atomic E-state index is -4.73. The molecule has 0 radical (unpaired) electrons. The number of hydrogen-bond donors (Lipinski definition) is 1. The first kappa shape index (κ1) is 15.5. The molecule has 5 nitrogen and oxygen atoms in total. The second-order valence-corrected chi connectivity index (χ2v) is 12.1. The van der Waals surface area contributed by atoms with Crippen LogP contribution in [0.15, 0.2) is 35.2 Å². The molecule has 104 valence electrons. The van der Waals surface area contributed by atoms with Crippen LogP contribution in [0.5, 0.6) is 0 Å². The van der Waals surface area contributed by atoms with Gasteiger partial charge in [-0.25, -0.2) is 0 Å². The zero-order valence-electron chi connectivity index (χ0n) is 10.7. The van der Waals surface area contributed by atoms with E-state index >= 15 is 0 Å². The quantitative estimate of drug-likeness (QED) is 0.815. The van der Waals surface area contributed by atoms with E-state index in [9.17, 15) is 13.3 Å². The monoisotopic (exact) mass is 294 g/mol. The van der Waals surface area contributed by atoms with Gasteiger partial charge < -0.3 is 0 Å². The van der Waals surface area contributed by atoms with Crippen LogP contribution in [0.2, 0.25) is 0 Å². The van der Waals surface area contributed by atoms with Crippen molar-refractivity contribution in [2.24, 2.45) is 0 Å². The van der Waals surface area contributed by atoms with Crippen molar-refractivity contribution in [3.63, 3.8) is 0 Å². The number of rotatable bonds is 6. The van der Waals surface area contributed by atoms with E-state index in [4.69, 9.17) is 9.05 Å². The van der Waals surface area contributed by atoms with E-state index in [1.54, 1.807) is 32.0 Å². The van der Waals surface area contributed by atoms with Gasteiger partial charge in [-0.2, -0.15) is 0 Å². The Labute approximate surface area is 108 Å². The van der Waals surface area contributed by atoms with E-state index in [0.29, 0.717) is 0 Å². The van der Waals surface area contributed by atoms with Gasteiger partial charge in [-0.05, 0) is 0 Å². The van der Waals surface area contributed by atoms with Gasteiger partial charge in [-0.15, -0.1) is 0 Å². The molecule has 0 unspecified atom stereocenters. The Morgan fingerprint density at radius 2 is 1.56 bits per heavy atom. The molecule has 0 amide bonds. The molecule has 0 bridgehead atoms. The van der Waals surface area contributed by atoms with Crippen LogP contribution in [-0.4, -0.2) is 33.2 Å².